The Kier molecular flexibility index (Phi) is 2.75. The first-order chi connectivity index (χ1) is 10.4. The second-order valence-corrected chi connectivity index (χ2v) is 4.89. The molecule has 21 heavy (non-hydrogen) atoms. The lowest BCUT2D eigenvalue weighted by atomic mass is 10.1. The number of hydrogen-bond donors (Lipinski definition) is 0. The quantitative estimate of drug-likeness (QED) is 0.550. The molecule has 3 heteroatoms. The predicted octanol–water partition coefficient (Wildman–Crippen LogP) is 4.06. The number of aromatic nitrogens is 3. The molecule has 0 atom stereocenters. The number of benzene rings is 1. The van der Waals surface area contributed by atoms with Crippen LogP contribution in [0.5, 0.6) is 0 Å². The fourth-order valence-electron chi connectivity index (χ4n) is 2.51. The van der Waals surface area contributed by atoms with Gasteiger partial charge < -0.3 is 4.40 Å². The highest BCUT2D eigenvalue weighted by atomic mass is 14.9. The lowest BCUT2D eigenvalue weighted by molar-refractivity contribution is 1.14. The van der Waals surface area contributed by atoms with Crippen LogP contribution >= 0.6 is 0 Å². The summed E-state index contributed by atoms with van der Waals surface area (Å²) in [6.07, 6.45) is 7.65. The lowest BCUT2D eigenvalue weighted by Gasteiger charge is -2.06. The smallest absolute Gasteiger partial charge is 0.0868 e. The van der Waals surface area contributed by atoms with E-state index in [2.05, 4.69) is 50.9 Å². The van der Waals surface area contributed by atoms with E-state index in [4.69, 9.17) is 0 Å². The zero-order valence-corrected chi connectivity index (χ0v) is 11.3. The molecule has 0 fully saturated rings. The number of fused-ring (bicyclic) bond motifs is 1. The molecule has 0 unspecified atom stereocenters. The van der Waals surface area contributed by atoms with Gasteiger partial charge in [0.15, 0.2) is 0 Å². The topological polar surface area (TPSA) is 30.2 Å². The molecule has 0 aliphatic rings. The van der Waals surface area contributed by atoms with Gasteiger partial charge in [-0.05, 0) is 24.3 Å². The molecule has 0 saturated heterocycles. The van der Waals surface area contributed by atoms with Gasteiger partial charge >= 0.3 is 0 Å². The van der Waals surface area contributed by atoms with Crippen LogP contribution in [0.2, 0.25) is 0 Å². The van der Waals surface area contributed by atoms with Gasteiger partial charge in [0, 0.05) is 29.7 Å². The van der Waals surface area contributed by atoms with Crippen LogP contribution in [0.1, 0.15) is 0 Å². The van der Waals surface area contributed by atoms with Crippen LogP contribution in [0.4, 0.5) is 0 Å². The van der Waals surface area contributed by atoms with Crippen molar-refractivity contribution in [3.63, 3.8) is 0 Å². The van der Waals surface area contributed by atoms with E-state index >= 15 is 0 Å². The summed E-state index contributed by atoms with van der Waals surface area (Å²) >= 11 is 0. The molecule has 0 saturated carbocycles. The van der Waals surface area contributed by atoms with Crippen molar-refractivity contribution in [2.45, 2.75) is 0 Å². The minimum atomic E-state index is 0.962. The van der Waals surface area contributed by atoms with Crippen LogP contribution in [0, 0.1) is 0 Å². The minimum Gasteiger partial charge on any atom is -0.313 e. The summed E-state index contributed by atoms with van der Waals surface area (Å²) in [7, 11) is 0. The molecule has 0 spiro atoms. The second-order valence-electron chi connectivity index (χ2n) is 4.89. The molecule has 0 N–H and O–H groups in total. The van der Waals surface area contributed by atoms with Crippen LogP contribution in [-0.4, -0.2) is 14.4 Å². The van der Waals surface area contributed by atoms with E-state index in [9.17, 15) is 0 Å². The maximum Gasteiger partial charge on any atom is 0.0868 e. The van der Waals surface area contributed by atoms with Gasteiger partial charge in [-0.25, -0.2) is 0 Å². The predicted molar refractivity (Wildman–Crippen MR) is 83.9 cm³/mol. The van der Waals surface area contributed by atoms with E-state index in [0.29, 0.717) is 0 Å². The van der Waals surface area contributed by atoms with Gasteiger partial charge in [0.2, 0.25) is 0 Å². The van der Waals surface area contributed by atoms with E-state index in [-0.39, 0.29) is 0 Å². The Balaban J connectivity index is 1.91. The van der Waals surface area contributed by atoms with E-state index in [1.807, 2.05) is 36.7 Å². The largest absolute Gasteiger partial charge is 0.313 e. The summed E-state index contributed by atoms with van der Waals surface area (Å²) in [5, 5.41) is 0. The van der Waals surface area contributed by atoms with Gasteiger partial charge in [-0.2, -0.15) is 0 Å². The third kappa shape index (κ3) is 2.09. The van der Waals surface area contributed by atoms with E-state index in [0.717, 1.165) is 28.0 Å². The third-order valence-corrected chi connectivity index (χ3v) is 3.56. The highest BCUT2D eigenvalue weighted by Gasteiger charge is 2.06. The molecule has 0 aliphatic carbocycles. The Labute approximate surface area is 122 Å². The molecule has 4 aromatic rings. The summed E-state index contributed by atoms with van der Waals surface area (Å²) in [5.41, 5.74) is 5.38. The van der Waals surface area contributed by atoms with Crippen LogP contribution in [0.15, 0.2) is 79.4 Å². The number of hydrogen-bond acceptors (Lipinski definition) is 2. The zero-order chi connectivity index (χ0) is 14.1. The van der Waals surface area contributed by atoms with Crippen molar-refractivity contribution in [3.05, 3.63) is 79.4 Å². The highest BCUT2D eigenvalue weighted by molar-refractivity contribution is 5.68. The van der Waals surface area contributed by atoms with E-state index in [1.165, 1.54) is 0 Å². The Morgan fingerprint density at radius 1 is 0.762 bits per heavy atom. The average Bonchev–Trinajstić information content (AvgIpc) is 2.99. The molecular weight excluding hydrogens is 258 g/mol. The van der Waals surface area contributed by atoms with Crippen molar-refractivity contribution in [1.82, 2.24) is 14.4 Å². The van der Waals surface area contributed by atoms with Crippen molar-refractivity contribution in [1.29, 1.82) is 0 Å². The molecular formula is C18H13N3. The average molecular weight is 271 g/mol. The second kappa shape index (κ2) is 4.87. The van der Waals surface area contributed by atoms with Crippen LogP contribution in [0.3, 0.4) is 0 Å². The molecule has 0 bridgehead atoms. The van der Waals surface area contributed by atoms with Gasteiger partial charge in [0.1, 0.15) is 0 Å². The Bertz CT molecular complexity index is 880. The molecule has 100 valence electrons. The van der Waals surface area contributed by atoms with Crippen molar-refractivity contribution >= 4 is 5.52 Å². The van der Waals surface area contributed by atoms with Crippen LogP contribution in [0.25, 0.3) is 28.0 Å². The first-order valence-electron chi connectivity index (χ1n) is 6.85. The molecule has 0 amide bonds. The SMILES string of the molecule is c1ccc(-c2cn3c(-c4cccnc4)ccc3cn2)cc1. The number of rotatable bonds is 2. The standard InChI is InChI=1S/C18H13N3/c1-2-5-14(6-3-1)17-13-21-16(12-20-17)8-9-18(21)15-7-4-10-19-11-15/h1-13H. The molecule has 3 nitrogen and oxygen atoms in total. The highest BCUT2D eigenvalue weighted by Crippen LogP contribution is 2.24. The first kappa shape index (κ1) is 11.9. The first-order valence-corrected chi connectivity index (χ1v) is 6.85. The molecule has 4 rings (SSSR count). The summed E-state index contributed by atoms with van der Waals surface area (Å²) in [6.45, 7) is 0. The number of nitrogens with zero attached hydrogens (tertiary/aromatic N) is 3. The summed E-state index contributed by atoms with van der Waals surface area (Å²) in [5.74, 6) is 0. The maximum atomic E-state index is 4.55. The Morgan fingerprint density at radius 2 is 1.62 bits per heavy atom. The lowest BCUT2D eigenvalue weighted by Crippen LogP contribution is -1.92. The Hall–Kier alpha value is -2.94. The fourth-order valence-corrected chi connectivity index (χ4v) is 2.51. The molecule has 3 heterocycles. The van der Waals surface area contributed by atoms with Crippen molar-refractivity contribution in [2.75, 3.05) is 0 Å². The van der Waals surface area contributed by atoms with Crippen LogP contribution in [-0.2, 0) is 0 Å². The molecule has 3 aromatic heterocycles. The van der Waals surface area contributed by atoms with Gasteiger partial charge in [-0.1, -0.05) is 30.3 Å². The maximum absolute atomic E-state index is 4.55. The van der Waals surface area contributed by atoms with Crippen LogP contribution < -0.4 is 0 Å². The summed E-state index contributed by atoms with van der Waals surface area (Å²) < 4.78 is 2.16. The Morgan fingerprint density at radius 3 is 2.43 bits per heavy atom. The van der Waals surface area contributed by atoms with E-state index < -0.39 is 0 Å². The summed E-state index contributed by atoms with van der Waals surface area (Å²) in [6, 6.07) is 18.4. The third-order valence-electron chi connectivity index (χ3n) is 3.56. The normalized spacial score (nSPS) is 10.9. The van der Waals surface area contributed by atoms with Crippen molar-refractivity contribution < 1.29 is 0 Å². The van der Waals surface area contributed by atoms with Crippen molar-refractivity contribution in [3.8, 4) is 22.5 Å². The number of pyridine rings is 1. The zero-order valence-electron chi connectivity index (χ0n) is 11.3. The van der Waals surface area contributed by atoms with Gasteiger partial charge in [-0.3, -0.25) is 9.97 Å². The monoisotopic (exact) mass is 271 g/mol. The van der Waals surface area contributed by atoms with Gasteiger partial charge in [0.25, 0.3) is 0 Å². The van der Waals surface area contributed by atoms with Crippen molar-refractivity contribution in [2.24, 2.45) is 0 Å². The minimum absolute atomic E-state index is 0.962. The summed E-state index contributed by atoms with van der Waals surface area (Å²) in [4.78, 5) is 8.75. The molecule has 0 radical (unpaired) electrons. The van der Waals surface area contributed by atoms with Gasteiger partial charge in [0.05, 0.1) is 23.1 Å². The molecule has 0 aliphatic heterocycles. The van der Waals surface area contributed by atoms with Gasteiger partial charge in [-0.15, -0.1) is 0 Å². The van der Waals surface area contributed by atoms with E-state index in [1.54, 1.807) is 6.20 Å². The fraction of sp³-hybridized carbons (Fsp3) is 0. The molecule has 1 aromatic carbocycles.